The zero-order valence-electron chi connectivity index (χ0n) is 12.7. The molecular weight excluding hydrogens is 302 g/mol. The van der Waals surface area contributed by atoms with Gasteiger partial charge in [-0.15, -0.1) is 0 Å². The number of carbonyl (C=O) groups excluding carboxylic acids is 1. The first-order valence-corrected chi connectivity index (χ1v) is 7.14. The molecule has 2 heterocycles. The third-order valence-electron chi connectivity index (χ3n) is 4.15. The molecule has 2 bridgehead atoms. The Bertz CT molecular complexity index is 671. The molecule has 0 aromatic heterocycles. The van der Waals surface area contributed by atoms with Crippen LogP contribution in [0, 0.1) is 11.8 Å². The van der Waals surface area contributed by atoms with E-state index in [-0.39, 0.29) is 0 Å². The number of hydrogen-bond acceptors (Lipinski definition) is 5. The number of benzene rings is 1. The Morgan fingerprint density at radius 3 is 2.43 bits per heavy atom. The van der Waals surface area contributed by atoms with Gasteiger partial charge in [0.15, 0.2) is 0 Å². The number of fused-ring (bicyclic) bond motifs is 2. The lowest BCUT2D eigenvalue weighted by atomic mass is 9.82. The molecule has 1 aromatic rings. The second kappa shape index (κ2) is 5.92. The van der Waals surface area contributed by atoms with Gasteiger partial charge in [0.25, 0.3) is 0 Å². The minimum absolute atomic E-state index is 0.416. The molecule has 4 unspecified atom stereocenters. The fourth-order valence-corrected chi connectivity index (χ4v) is 3.04. The van der Waals surface area contributed by atoms with Crippen LogP contribution in [0.2, 0.25) is 0 Å². The van der Waals surface area contributed by atoms with Crippen LogP contribution in [-0.4, -0.2) is 43.4 Å². The van der Waals surface area contributed by atoms with Crippen molar-refractivity contribution in [3.63, 3.8) is 0 Å². The lowest BCUT2D eigenvalue weighted by Crippen LogP contribution is -2.39. The summed E-state index contributed by atoms with van der Waals surface area (Å²) in [6, 6.07) is 4.99. The van der Waals surface area contributed by atoms with E-state index in [1.165, 1.54) is 14.2 Å². The Balaban J connectivity index is 1.84. The topological polar surface area (TPSA) is 94.1 Å². The van der Waals surface area contributed by atoms with Gasteiger partial charge in [-0.2, -0.15) is 0 Å². The lowest BCUT2D eigenvalue weighted by molar-refractivity contribution is -0.145. The average Bonchev–Trinajstić information content (AvgIpc) is 3.15. The number of methoxy groups -OCH3 is 2. The van der Waals surface area contributed by atoms with Crippen molar-refractivity contribution in [1.29, 1.82) is 0 Å². The average molecular weight is 319 g/mol. The number of carboxylic acids is 1. The molecule has 7 nitrogen and oxygen atoms in total. The molecule has 3 rings (SSSR count). The zero-order chi connectivity index (χ0) is 16.6. The quantitative estimate of drug-likeness (QED) is 0.795. The molecule has 0 aliphatic carbocycles. The maximum Gasteiger partial charge on any atom is 0.310 e. The molecule has 23 heavy (non-hydrogen) atoms. The third kappa shape index (κ3) is 2.63. The summed E-state index contributed by atoms with van der Waals surface area (Å²) in [4.78, 5) is 24.0. The first-order chi connectivity index (χ1) is 11.0. The number of hydrogen-bond donors (Lipinski definition) is 2. The van der Waals surface area contributed by atoms with E-state index in [4.69, 9.17) is 14.2 Å². The van der Waals surface area contributed by atoms with E-state index in [2.05, 4.69) is 5.32 Å². The number of rotatable bonds is 5. The summed E-state index contributed by atoms with van der Waals surface area (Å²) < 4.78 is 15.9. The van der Waals surface area contributed by atoms with Gasteiger partial charge in [0.2, 0.25) is 5.91 Å². The minimum Gasteiger partial charge on any atom is -0.497 e. The van der Waals surface area contributed by atoms with Crippen LogP contribution in [0.25, 0.3) is 0 Å². The van der Waals surface area contributed by atoms with Gasteiger partial charge in [0.1, 0.15) is 17.4 Å². The van der Waals surface area contributed by atoms with Crippen molar-refractivity contribution in [2.45, 2.75) is 12.2 Å². The Kier molecular flexibility index (Phi) is 3.96. The number of ether oxygens (including phenoxy) is 3. The highest BCUT2D eigenvalue weighted by molar-refractivity contribution is 5.97. The van der Waals surface area contributed by atoms with E-state index in [0.29, 0.717) is 17.2 Å². The maximum atomic E-state index is 12.6. The van der Waals surface area contributed by atoms with Gasteiger partial charge in [-0.25, -0.2) is 0 Å². The van der Waals surface area contributed by atoms with E-state index in [9.17, 15) is 14.7 Å². The molecule has 122 valence electrons. The Morgan fingerprint density at radius 2 is 1.83 bits per heavy atom. The predicted octanol–water partition coefficient (Wildman–Crippen LogP) is 1.30. The van der Waals surface area contributed by atoms with Crippen LogP contribution in [0.4, 0.5) is 5.69 Å². The highest BCUT2D eigenvalue weighted by Crippen LogP contribution is 2.40. The van der Waals surface area contributed by atoms with Crippen LogP contribution in [0.5, 0.6) is 11.5 Å². The van der Waals surface area contributed by atoms with E-state index < -0.39 is 35.9 Å². The summed E-state index contributed by atoms with van der Waals surface area (Å²) in [5.41, 5.74) is 0.424. The minimum atomic E-state index is -1.04. The van der Waals surface area contributed by atoms with Crippen LogP contribution in [0.15, 0.2) is 30.4 Å². The molecule has 1 saturated heterocycles. The lowest BCUT2D eigenvalue weighted by Gasteiger charge is -2.21. The van der Waals surface area contributed by atoms with Gasteiger partial charge in [-0.1, -0.05) is 12.2 Å². The second-order valence-corrected chi connectivity index (χ2v) is 5.40. The van der Waals surface area contributed by atoms with Crippen molar-refractivity contribution in [2.24, 2.45) is 11.8 Å². The summed E-state index contributed by atoms with van der Waals surface area (Å²) >= 11 is 0. The smallest absolute Gasteiger partial charge is 0.310 e. The summed E-state index contributed by atoms with van der Waals surface area (Å²) in [6.07, 6.45) is 2.36. The Hall–Kier alpha value is -2.54. The molecule has 2 N–H and O–H groups in total. The number of nitrogens with one attached hydrogen (secondary N) is 1. The molecule has 1 amide bonds. The van der Waals surface area contributed by atoms with Gasteiger partial charge in [0, 0.05) is 6.07 Å². The zero-order valence-corrected chi connectivity index (χ0v) is 12.7. The summed E-state index contributed by atoms with van der Waals surface area (Å²) in [7, 11) is 3.00. The summed E-state index contributed by atoms with van der Waals surface area (Å²) in [6.45, 7) is 0. The van der Waals surface area contributed by atoms with Crippen molar-refractivity contribution in [3.05, 3.63) is 30.4 Å². The standard InChI is InChI=1S/C16H17NO6/c1-21-8-3-4-10(22-2)9(7-8)17-15(18)13-11-5-6-12(23-11)14(13)16(19)20/h3-7,11-14H,1-2H3,(H,17,18)(H,19,20). The first-order valence-electron chi connectivity index (χ1n) is 7.14. The Morgan fingerprint density at radius 1 is 1.13 bits per heavy atom. The molecule has 1 fully saturated rings. The molecular formula is C16H17NO6. The second-order valence-electron chi connectivity index (χ2n) is 5.40. The van der Waals surface area contributed by atoms with E-state index in [1.807, 2.05) is 0 Å². The molecule has 2 aliphatic rings. The van der Waals surface area contributed by atoms with Gasteiger partial charge >= 0.3 is 5.97 Å². The van der Waals surface area contributed by atoms with Gasteiger partial charge in [0.05, 0.1) is 38.0 Å². The largest absolute Gasteiger partial charge is 0.497 e. The number of carboxylic acid groups (broad SMARTS) is 1. The van der Waals surface area contributed by atoms with Gasteiger partial charge in [-0.3, -0.25) is 9.59 Å². The normalized spacial score (nSPS) is 27.7. The highest BCUT2D eigenvalue weighted by Gasteiger charge is 2.53. The monoisotopic (exact) mass is 319 g/mol. The van der Waals surface area contributed by atoms with Gasteiger partial charge in [-0.05, 0) is 12.1 Å². The van der Waals surface area contributed by atoms with Gasteiger partial charge < -0.3 is 24.6 Å². The third-order valence-corrected chi connectivity index (χ3v) is 4.15. The van der Waals surface area contributed by atoms with E-state index >= 15 is 0 Å². The van der Waals surface area contributed by atoms with Crippen molar-refractivity contribution < 1.29 is 28.9 Å². The van der Waals surface area contributed by atoms with Crippen LogP contribution in [0.3, 0.4) is 0 Å². The number of aliphatic carboxylic acids is 1. The van der Waals surface area contributed by atoms with E-state index in [0.717, 1.165) is 0 Å². The number of amides is 1. The Labute approximate surface area is 132 Å². The molecule has 7 heteroatoms. The highest BCUT2D eigenvalue weighted by atomic mass is 16.5. The van der Waals surface area contributed by atoms with Crippen LogP contribution in [-0.2, 0) is 14.3 Å². The fraction of sp³-hybridized carbons (Fsp3) is 0.375. The van der Waals surface area contributed by atoms with Crippen molar-refractivity contribution in [2.75, 3.05) is 19.5 Å². The van der Waals surface area contributed by atoms with Crippen molar-refractivity contribution in [3.8, 4) is 11.5 Å². The van der Waals surface area contributed by atoms with Crippen molar-refractivity contribution in [1.82, 2.24) is 0 Å². The molecule has 0 radical (unpaired) electrons. The van der Waals surface area contributed by atoms with Crippen LogP contribution in [0.1, 0.15) is 0 Å². The predicted molar refractivity (Wildman–Crippen MR) is 80.6 cm³/mol. The molecule has 2 aliphatic heterocycles. The number of anilines is 1. The van der Waals surface area contributed by atoms with Crippen LogP contribution >= 0.6 is 0 Å². The summed E-state index contributed by atoms with van der Waals surface area (Å²) in [5, 5.41) is 12.1. The van der Waals surface area contributed by atoms with E-state index in [1.54, 1.807) is 30.4 Å². The molecule has 1 aromatic carbocycles. The molecule has 0 spiro atoms. The summed E-state index contributed by atoms with van der Waals surface area (Å²) in [5.74, 6) is -2.11. The van der Waals surface area contributed by atoms with Crippen molar-refractivity contribution >= 4 is 17.6 Å². The molecule has 4 atom stereocenters. The number of carbonyl (C=O) groups is 2. The first kappa shape index (κ1) is 15.4. The fourth-order valence-electron chi connectivity index (χ4n) is 3.04. The SMILES string of the molecule is COc1ccc(OC)c(NC(=O)C2C3C=CC(O3)C2C(=O)O)c1. The van der Waals surface area contributed by atoms with Crippen LogP contribution < -0.4 is 14.8 Å². The maximum absolute atomic E-state index is 12.6. The molecule has 0 saturated carbocycles.